The fourth-order valence-electron chi connectivity index (χ4n) is 4.58. The molecule has 0 bridgehead atoms. The maximum atomic E-state index is 13.5. The van der Waals surface area contributed by atoms with Crippen molar-refractivity contribution in [1.82, 2.24) is 15.6 Å². The van der Waals surface area contributed by atoms with Crippen LogP contribution < -0.4 is 16.4 Å². The Balaban J connectivity index is 1.54. The van der Waals surface area contributed by atoms with Gasteiger partial charge in [-0.15, -0.1) is 0 Å². The van der Waals surface area contributed by atoms with Crippen molar-refractivity contribution in [3.05, 3.63) is 59.9 Å². The molecule has 0 unspecified atom stereocenters. The SMILES string of the molecule is C[C@@]1(C(=O)c2ccccc2N)[C@H](C(=O)NCc2ccncc2)[C@@H]1C(=O)N[C@@H]1CCCOC1. The highest BCUT2D eigenvalue weighted by Crippen LogP contribution is 2.60. The van der Waals surface area contributed by atoms with E-state index < -0.39 is 17.3 Å². The van der Waals surface area contributed by atoms with E-state index in [2.05, 4.69) is 15.6 Å². The maximum absolute atomic E-state index is 13.5. The van der Waals surface area contributed by atoms with Crippen LogP contribution in [0.1, 0.15) is 35.7 Å². The highest BCUT2D eigenvalue weighted by atomic mass is 16.5. The monoisotopic (exact) mass is 436 g/mol. The molecule has 2 aliphatic rings. The van der Waals surface area contributed by atoms with Gasteiger partial charge in [0.2, 0.25) is 11.8 Å². The second kappa shape index (κ2) is 9.08. The Bertz CT molecular complexity index is 1010. The molecule has 1 aromatic carbocycles. The van der Waals surface area contributed by atoms with Crippen molar-refractivity contribution >= 4 is 23.3 Å². The van der Waals surface area contributed by atoms with Gasteiger partial charge >= 0.3 is 0 Å². The molecule has 0 spiro atoms. The predicted octanol–water partition coefficient (Wildman–Crippen LogP) is 1.71. The smallest absolute Gasteiger partial charge is 0.225 e. The molecule has 2 aromatic rings. The van der Waals surface area contributed by atoms with Crippen LogP contribution in [0.25, 0.3) is 0 Å². The van der Waals surface area contributed by atoms with Gasteiger partial charge in [0.1, 0.15) is 0 Å². The number of nitrogen functional groups attached to an aromatic ring is 1. The third-order valence-corrected chi connectivity index (χ3v) is 6.50. The standard InChI is InChI=1S/C24H28N4O4/c1-24(21(29)17-6-2-3-7-18(17)25)19(22(30)27-13-15-8-10-26-11-9-15)20(24)23(31)28-16-5-4-12-32-14-16/h2-3,6-11,16,19-20H,4-5,12-14,25H2,1H3,(H,27,30)(H,28,31)/t16-,19+,20-,24-/m1/s1. The van der Waals surface area contributed by atoms with Gasteiger partial charge in [-0.1, -0.05) is 19.1 Å². The first kappa shape index (κ1) is 22.0. The lowest BCUT2D eigenvalue weighted by atomic mass is 9.91. The van der Waals surface area contributed by atoms with Gasteiger partial charge in [-0.3, -0.25) is 19.4 Å². The number of hydrogen-bond donors (Lipinski definition) is 3. The molecule has 8 nitrogen and oxygen atoms in total. The summed E-state index contributed by atoms with van der Waals surface area (Å²) in [4.78, 5) is 43.7. The molecular weight excluding hydrogens is 408 g/mol. The lowest BCUT2D eigenvalue weighted by Crippen LogP contribution is -2.42. The first-order valence-electron chi connectivity index (χ1n) is 10.9. The summed E-state index contributed by atoms with van der Waals surface area (Å²) in [7, 11) is 0. The van der Waals surface area contributed by atoms with Crippen molar-refractivity contribution in [1.29, 1.82) is 0 Å². The Hall–Kier alpha value is -3.26. The molecule has 4 N–H and O–H groups in total. The third kappa shape index (κ3) is 4.23. The zero-order chi connectivity index (χ0) is 22.7. The van der Waals surface area contributed by atoms with Gasteiger partial charge in [-0.25, -0.2) is 0 Å². The van der Waals surface area contributed by atoms with E-state index in [1.807, 2.05) is 0 Å². The summed E-state index contributed by atoms with van der Waals surface area (Å²) in [6, 6.07) is 10.2. The topological polar surface area (TPSA) is 123 Å². The number of pyridine rings is 1. The molecule has 2 fully saturated rings. The van der Waals surface area contributed by atoms with E-state index >= 15 is 0 Å². The Morgan fingerprint density at radius 1 is 1.12 bits per heavy atom. The van der Waals surface area contributed by atoms with Crippen LogP contribution in [0.5, 0.6) is 0 Å². The molecule has 32 heavy (non-hydrogen) atoms. The van der Waals surface area contributed by atoms with Crippen LogP contribution in [0.15, 0.2) is 48.8 Å². The van der Waals surface area contributed by atoms with Gasteiger partial charge in [-0.2, -0.15) is 0 Å². The number of benzene rings is 1. The Morgan fingerprint density at radius 2 is 1.84 bits per heavy atom. The maximum Gasteiger partial charge on any atom is 0.225 e. The summed E-state index contributed by atoms with van der Waals surface area (Å²) in [5, 5.41) is 5.85. The molecule has 2 heterocycles. The Morgan fingerprint density at radius 3 is 2.53 bits per heavy atom. The van der Waals surface area contributed by atoms with Crippen molar-refractivity contribution in [3.63, 3.8) is 0 Å². The quantitative estimate of drug-likeness (QED) is 0.448. The van der Waals surface area contributed by atoms with E-state index in [9.17, 15) is 14.4 Å². The Kier molecular flexibility index (Phi) is 6.23. The molecule has 1 aromatic heterocycles. The molecule has 2 amide bonds. The van der Waals surface area contributed by atoms with Gasteiger partial charge in [0, 0.05) is 36.8 Å². The van der Waals surface area contributed by atoms with E-state index in [0.717, 1.165) is 18.4 Å². The van der Waals surface area contributed by atoms with E-state index in [1.165, 1.54) is 0 Å². The van der Waals surface area contributed by atoms with E-state index in [-0.39, 0.29) is 23.6 Å². The van der Waals surface area contributed by atoms with Gasteiger partial charge in [0.05, 0.1) is 29.9 Å². The van der Waals surface area contributed by atoms with Crippen molar-refractivity contribution in [3.8, 4) is 0 Å². The van der Waals surface area contributed by atoms with E-state index in [4.69, 9.17) is 10.5 Å². The number of amides is 2. The summed E-state index contributed by atoms with van der Waals surface area (Å²) in [6.07, 6.45) is 4.97. The second-order valence-electron chi connectivity index (χ2n) is 8.65. The van der Waals surface area contributed by atoms with E-state index in [0.29, 0.717) is 31.0 Å². The number of carbonyl (C=O) groups excluding carboxylic acids is 3. The zero-order valence-corrected chi connectivity index (χ0v) is 18.0. The molecule has 0 radical (unpaired) electrons. The number of nitrogens with two attached hydrogens (primary N) is 1. The number of anilines is 1. The average Bonchev–Trinajstić information content (AvgIpc) is 3.46. The predicted molar refractivity (Wildman–Crippen MR) is 118 cm³/mol. The number of para-hydroxylation sites is 1. The van der Waals surface area contributed by atoms with Gasteiger partial charge in [0.25, 0.3) is 0 Å². The van der Waals surface area contributed by atoms with Crippen molar-refractivity contribution in [2.75, 3.05) is 18.9 Å². The van der Waals surface area contributed by atoms with Crippen molar-refractivity contribution in [2.24, 2.45) is 17.3 Å². The zero-order valence-electron chi connectivity index (χ0n) is 18.0. The average molecular weight is 437 g/mol. The molecule has 4 rings (SSSR count). The number of nitrogens with zero attached hydrogens (tertiary/aromatic N) is 1. The van der Waals surface area contributed by atoms with Crippen LogP contribution in [0.2, 0.25) is 0 Å². The summed E-state index contributed by atoms with van der Waals surface area (Å²) in [5.74, 6) is -2.46. The lowest BCUT2D eigenvalue weighted by molar-refractivity contribution is -0.128. The molecule has 8 heteroatoms. The number of rotatable bonds is 7. The van der Waals surface area contributed by atoms with Gasteiger partial charge < -0.3 is 21.1 Å². The highest BCUT2D eigenvalue weighted by molar-refractivity contribution is 6.14. The number of carbonyl (C=O) groups is 3. The molecule has 1 saturated carbocycles. The van der Waals surface area contributed by atoms with Crippen LogP contribution in [-0.2, 0) is 20.9 Å². The third-order valence-electron chi connectivity index (χ3n) is 6.50. The van der Waals surface area contributed by atoms with Crippen LogP contribution >= 0.6 is 0 Å². The first-order chi connectivity index (χ1) is 15.4. The van der Waals surface area contributed by atoms with E-state index in [1.54, 1.807) is 55.7 Å². The van der Waals surface area contributed by atoms with Crippen molar-refractivity contribution in [2.45, 2.75) is 32.4 Å². The van der Waals surface area contributed by atoms with Crippen molar-refractivity contribution < 1.29 is 19.1 Å². The number of aromatic nitrogens is 1. The summed E-state index contributed by atoms with van der Waals surface area (Å²) in [5.41, 5.74) is 6.41. The fraction of sp³-hybridized carbons (Fsp3) is 0.417. The molecule has 4 atom stereocenters. The minimum absolute atomic E-state index is 0.112. The molecular formula is C24H28N4O4. The minimum Gasteiger partial charge on any atom is -0.398 e. The van der Waals surface area contributed by atoms with Crippen LogP contribution in [-0.4, -0.2) is 41.8 Å². The largest absolute Gasteiger partial charge is 0.398 e. The second-order valence-corrected chi connectivity index (χ2v) is 8.65. The first-order valence-corrected chi connectivity index (χ1v) is 10.9. The Labute approximate surface area is 186 Å². The summed E-state index contributed by atoms with van der Waals surface area (Å²) in [6.45, 7) is 3.09. The van der Waals surface area contributed by atoms with Gasteiger partial charge in [0.15, 0.2) is 5.78 Å². The highest BCUT2D eigenvalue weighted by Gasteiger charge is 2.72. The van der Waals surface area contributed by atoms with Crippen LogP contribution in [0, 0.1) is 17.3 Å². The normalized spacial score (nSPS) is 26.7. The van der Waals surface area contributed by atoms with Crippen LogP contribution in [0.4, 0.5) is 5.69 Å². The molecule has 168 valence electrons. The number of ether oxygens (including phenoxy) is 1. The number of Topliss-reactive ketones (excluding diaryl/α,β-unsaturated/α-hetero) is 1. The van der Waals surface area contributed by atoms with Crippen LogP contribution in [0.3, 0.4) is 0 Å². The number of hydrogen-bond acceptors (Lipinski definition) is 6. The summed E-state index contributed by atoms with van der Waals surface area (Å²) < 4.78 is 5.45. The number of ketones is 1. The lowest BCUT2D eigenvalue weighted by Gasteiger charge is -2.23. The number of nitrogens with one attached hydrogen (secondary N) is 2. The summed E-state index contributed by atoms with van der Waals surface area (Å²) >= 11 is 0. The minimum atomic E-state index is -1.17. The molecule has 1 aliphatic heterocycles. The van der Waals surface area contributed by atoms with Gasteiger partial charge in [-0.05, 0) is 42.7 Å². The fourth-order valence-corrected chi connectivity index (χ4v) is 4.58. The molecule has 1 saturated heterocycles. The molecule has 1 aliphatic carbocycles.